The van der Waals surface area contributed by atoms with Crippen LogP contribution >= 0.6 is 11.6 Å². The molecular formula is C11H11ClFNO2. The van der Waals surface area contributed by atoms with E-state index in [0.717, 1.165) is 0 Å². The first kappa shape index (κ1) is 11.4. The van der Waals surface area contributed by atoms with Gasteiger partial charge in [-0.1, -0.05) is 17.7 Å². The van der Waals surface area contributed by atoms with Gasteiger partial charge in [-0.05, 0) is 25.0 Å². The van der Waals surface area contributed by atoms with E-state index in [1.807, 2.05) is 0 Å². The monoisotopic (exact) mass is 243 g/mol. The number of nitrogens with one attached hydrogen (secondary N) is 1. The molecule has 16 heavy (non-hydrogen) atoms. The summed E-state index contributed by atoms with van der Waals surface area (Å²) in [5.41, 5.74) is -0.134. The number of halogens is 2. The first-order chi connectivity index (χ1) is 7.58. The highest BCUT2D eigenvalue weighted by molar-refractivity contribution is 6.33. The zero-order chi connectivity index (χ0) is 11.7. The second-order valence-corrected chi connectivity index (χ2v) is 4.30. The van der Waals surface area contributed by atoms with Crippen molar-refractivity contribution in [2.45, 2.75) is 25.0 Å². The van der Waals surface area contributed by atoms with Gasteiger partial charge in [0.05, 0.1) is 16.7 Å². The Morgan fingerprint density at radius 3 is 2.75 bits per heavy atom. The summed E-state index contributed by atoms with van der Waals surface area (Å²) in [7, 11) is 0. The molecule has 2 rings (SSSR count). The van der Waals surface area contributed by atoms with Gasteiger partial charge in [-0.3, -0.25) is 4.79 Å². The molecule has 0 heterocycles. The van der Waals surface area contributed by atoms with Crippen molar-refractivity contribution < 1.29 is 14.3 Å². The second-order valence-electron chi connectivity index (χ2n) is 3.89. The summed E-state index contributed by atoms with van der Waals surface area (Å²) >= 11 is 5.75. The van der Waals surface area contributed by atoms with Gasteiger partial charge in [0.2, 0.25) is 0 Å². The Morgan fingerprint density at radius 2 is 2.19 bits per heavy atom. The van der Waals surface area contributed by atoms with E-state index >= 15 is 0 Å². The van der Waals surface area contributed by atoms with Crippen molar-refractivity contribution in [2.75, 3.05) is 0 Å². The van der Waals surface area contributed by atoms with E-state index in [1.54, 1.807) is 0 Å². The minimum atomic E-state index is -0.634. The van der Waals surface area contributed by atoms with Gasteiger partial charge >= 0.3 is 0 Å². The molecule has 1 aliphatic rings. The van der Waals surface area contributed by atoms with Crippen LogP contribution < -0.4 is 5.32 Å². The Kier molecular flexibility index (Phi) is 3.12. The highest BCUT2D eigenvalue weighted by Gasteiger charge is 2.29. The summed E-state index contributed by atoms with van der Waals surface area (Å²) in [6, 6.07) is 4.02. The van der Waals surface area contributed by atoms with E-state index in [0.29, 0.717) is 12.8 Å². The Morgan fingerprint density at radius 1 is 1.50 bits per heavy atom. The van der Waals surface area contributed by atoms with Gasteiger partial charge in [-0.25, -0.2) is 4.39 Å². The largest absolute Gasteiger partial charge is 0.393 e. The normalized spacial score (nSPS) is 23.7. The molecule has 0 bridgehead atoms. The Hall–Kier alpha value is -1.13. The molecule has 2 N–H and O–H groups in total. The van der Waals surface area contributed by atoms with Gasteiger partial charge in [0.1, 0.15) is 5.82 Å². The number of carbonyl (C=O) groups excluding carboxylic acids is 1. The Bertz CT molecular complexity index is 398. The van der Waals surface area contributed by atoms with Gasteiger partial charge in [-0.2, -0.15) is 0 Å². The van der Waals surface area contributed by atoms with Crippen LogP contribution in [0.1, 0.15) is 23.2 Å². The minimum absolute atomic E-state index is 0.0850. The van der Waals surface area contributed by atoms with Crippen LogP contribution in [0.2, 0.25) is 5.02 Å². The lowest BCUT2D eigenvalue weighted by Crippen LogP contribution is -2.47. The molecule has 0 aromatic heterocycles. The zero-order valence-corrected chi connectivity index (χ0v) is 9.17. The van der Waals surface area contributed by atoms with Crippen molar-refractivity contribution in [1.29, 1.82) is 0 Å². The molecule has 1 aromatic carbocycles. The smallest absolute Gasteiger partial charge is 0.256 e. The van der Waals surface area contributed by atoms with Crippen LogP contribution in [0.4, 0.5) is 4.39 Å². The third kappa shape index (κ3) is 2.18. The van der Waals surface area contributed by atoms with E-state index < -0.39 is 11.7 Å². The third-order valence-corrected chi connectivity index (χ3v) is 2.95. The molecule has 0 atom stereocenters. The number of aliphatic hydroxyl groups is 1. The van der Waals surface area contributed by atoms with Crippen LogP contribution in [0.15, 0.2) is 18.2 Å². The topological polar surface area (TPSA) is 49.3 Å². The average Bonchev–Trinajstić information content (AvgIpc) is 2.15. The molecule has 0 aliphatic heterocycles. The average molecular weight is 244 g/mol. The number of rotatable bonds is 2. The maximum absolute atomic E-state index is 13.4. The Labute approximate surface area is 97.2 Å². The Balaban J connectivity index is 2.09. The van der Waals surface area contributed by atoms with Gasteiger partial charge in [0.25, 0.3) is 5.91 Å². The maximum Gasteiger partial charge on any atom is 0.256 e. The SMILES string of the molecule is O=C(NC1CC(O)C1)c1c(F)cccc1Cl. The van der Waals surface area contributed by atoms with Crippen molar-refractivity contribution in [3.8, 4) is 0 Å². The number of carbonyl (C=O) groups is 1. The van der Waals surface area contributed by atoms with Crippen LogP contribution in [-0.2, 0) is 0 Å². The van der Waals surface area contributed by atoms with E-state index in [4.69, 9.17) is 16.7 Å². The summed E-state index contributed by atoms with van der Waals surface area (Å²) < 4.78 is 13.4. The van der Waals surface area contributed by atoms with Crippen molar-refractivity contribution >= 4 is 17.5 Å². The van der Waals surface area contributed by atoms with Crippen LogP contribution in [0.5, 0.6) is 0 Å². The van der Waals surface area contributed by atoms with Gasteiger partial charge in [0, 0.05) is 6.04 Å². The van der Waals surface area contributed by atoms with Gasteiger partial charge < -0.3 is 10.4 Å². The molecule has 5 heteroatoms. The van der Waals surface area contributed by atoms with E-state index in [-0.39, 0.29) is 22.7 Å². The summed E-state index contributed by atoms with van der Waals surface area (Å²) in [4.78, 5) is 11.7. The quantitative estimate of drug-likeness (QED) is 0.831. The van der Waals surface area contributed by atoms with E-state index in [9.17, 15) is 9.18 Å². The minimum Gasteiger partial charge on any atom is -0.393 e. The zero-order valence-electron chi connectivity index (χ0n) is 8.41. The highest BCUT2D eigenvalue weighted by atomic mass is 35.5. The molecule has 1 saturated carbocycles. The lowest BCUT2D eigenvalue weighted by molar-refractivity contribution is 0.0561. The fourth-order valence-electron chi connectivity index (χ4n) is 1.68. The van der Waals surface area contributed by atoms with E-state index in [1.165, 1.54) is 18.2 Å². The molecule has 0 spiro atoms. The summed E-state index contributed by atoms with van der Waals surface area (Å²) in [6.45, 7) is 0. The van der Waals surface area contributed by atoms with Crippen molar-refractivity contribution in [3.63, 3.8) is 0 Å². The third-order valence-electron chi connectivity index (χ3n) is 2.64. The molecule has 1 amide bonds. The maximum atomic E-state index is 13.4. The van der Waals surface area contributed by atoms with Gasteiger partial charge in [-0.15, -0.1) is 0 Å². The second kappa shape index (κ2) is 4.39. The van der Waals surface area contributed by atoms with Crippen LogP contribution in [0, 0.1) is 5.82 Å². The summed E-state index contributed by atoms with van der Waals surface area (Å²) in [5.74, 6) is -1.16. The molecule has 86 valence electrons. The van der Waals surface area contributed by atoms with E-state index in [2.05, 4.69) is 5.32 Å². The summed E-state index contributed by atoms with van der Waals surface area (Å²) in [5, 5.41) is 11.8. The van der Waals surface area contributed by atoms with Crippen molar-refractivity contribution in [2.24, 2.45) is 0 Å². The molecule has 1 aromatic rings. The molecule has 1 aliphatic carbocycles. The lowest BCUT2D eigenvalue weighted by Gasteiger charge is -2.32. The first-order valence-electron chi connectivity index (χ1n) is 5.01. The number of aliphatic hydroxyl groups excluding tert-OH is 1. The standard InChI is InChI=1S/C11H11ClFNO2/c12-8-2-1-3-9(13)10(8)11(16)14-6-4-7(15)5-6/h1-3,6-7,15H,4-5H2,(H,14,16). The van der Waals surface area contributed by atoms with Crippen LogP contribution in [0.3, 0.4) is 0 Å². The molecule has 0 unspecified atom stereocenters. The molecule has 0 saturated heterocycles. The summed E-state index contributed by atoms with van der Waals surface area (Å²) in [6.07, 6.45) is 0.664. The predicted octanol–water partition coefficient (Wildman–Crippen LogP) is 1.73. The molecule has 3 nitrogen and oxygen atoms in total. The van der Waals surface area contributed by atoms with Gasteiger partial charge in [0.15, 0.2) is 0 Å². The highest BCUT2D eigenvalue weighted by Crippen LogP contribution is 2.22. The lowest BCUT2D eigenvalue weighted by atomic mass is 9.89. The molecule has 0 radical (unpaired) electrons. The van der Waals surface area contributed by atoms with Crippen LogP contribution in [0.25, 0.3) is 0 Å². The van der Waals surface area contributed by atoms with Crippen molar-refractivity contribution in [3.05, 3.63) is 34.6 Å². The fraction of sp³-hybridized carbons (Fsp3) is 0.364. The predicted molar refractivity (Wildman–Crippen MR) is 57.9 cm³/mol. The fourth-order valence-corrected chi connectivity index (χ4v) is 1.93. The van der Waals surface area contributed by atoms with Crippen LogP contribution in [-0.4, -0.2) is 23.2 Å². The number of benzene rings is 1. The number of hydrogen-bond acceptors (Lipinski definition) is 2. The number of hydrogen-bond donors (Lipinski definition) is 2. The molecule has 1 fully saturated rings. The van der Waals surface area contributed by atoms with Crippen molar-refractivity contribution in [1.82, 2.24) is 5.32 Å². The molecular weight excluding hydrogens is 233 g/mol. The number of amides is 1. The first-order valence-corrected chi connectivity index (χ1v) is 5.38.